The molecule has 2 amide bonds. The molecule has 0 aromatic heterocycles. The topological polar surface area (TPSA) is 82.4 Å². The Kier molecular flexibility index (Phi) is 5.48. The number of carbonyl (C=O) groups excluding carboxylic acids is 2. The minimum atomic E-state index is -0.0832. The summed E-state index contributed by atoms with van der Waals surface area (Å²) in [4.78, 5) is 26.6. The third kappa shape index (κ3) is 4.75. The van der Waals surface area contributed by atoms with Crippen molar-refractivity contribution in [2.75, 3.05) is 13.2 Å². The average Bonchev–Trinajstić information content (AvgIpc) is 3.57. The fraction of sp³-hybridized carbons (Fsp3) is 0.348. The molecule has 0 unspecified atom stereocenters. The molecule has 0 bridgehead atoms. The Hall–Kier alpha value is -3.33. The monoisotopic (exact) mass is 389 g/mol. The summed E-state index contributed by atoms with van der Waals surface area (Å²) in [5.41, 5.74) is 3.09. The van der Waals surface area contributed by atoms with Crippen LogP contribution in [0.4, 0.5) is 0 Å². The second-order valence-corrected chi connectivity index (χ2v) is 7.55. The number of hydrogen-bond acceptors (Lipinski definition) is 4. The number of fused-ring (bicyclic) bond motifs is 1. The Morgan fingerprint density at radius 1 is 1.17 bits per heavy atom. The van der Waals surface area contributed by atoms with Crippen LogP contribution in [0.5, 0.6) is 5.75 Å². The second-order valence-electron chi connectivity index (χ2n) is 7.55. The molecule has 2 aromatic rings. The molecule has 6 heteroatoms. The molecule has 1 saturated carbocycles. The van der Waals surface area contributed by atoms with Crippen LogP contribution < -0.4 is 10.1 Å². The van der Waals surface area contributed by atoms with Gasteiger partial charge in [-0.25, -0.2) is 0 Å². The smallest absolute Gasteiger partial charge is 0.254 e. The van der Waals surface area contributed by atoms with E-state index in [1.807, 2.05) is 18.2 Å². The first-order valence-electron chi connectivity index (χ1n) is 9.96. The van der Waals surface area contributed by atoms with E-state index in [0.29, 0.717) is 49.7 Å². The summed E-state index contributed by atoms with van der Waals surface area (Å²) >= 11 is 0. The van der Waals surface area contributed by atoms with Gasteiger partial charge in [0.1, 0.15) is 12.4 Å². The van der Waals surface area contributed by atoms with Crippen molar-refractivity contribution in [1.82, 2.24) is 10.2 Å². The summed E-state index contributed by atoms with van der Waals surface area (Å²) in [5.74, 6) is 0.794. The van der Waals surface area contributed by atoms with Gasteiger partial charge in [-0.3, -0.25) is 9.59 Å². The summed E-state index contributed by atoms with van der Waals surface area (Å²) in [6, 6.07) is 15.1. The van der Waals surface area contributed by atoms with Crippen molar-refractivity contribution in [2.24, 2.45) is 0 Å². The predicted octanol–water partition coefficient (Wildman–Crippen LogP) is 2.80. The Morgan fingerprint density at radius 2 is 1.97 bits per heavy atom. The highest BCUT2D eigenvalue weighted by atomic mass is 16.5. The van der Waals surface area contributed by atoms with Gasteiger partial charge in [-0.15, -0.1) is 0 Å². The fourth-order valence-corrected chi connectivity index (χ4v) is 3.43. The van der Waals surface area contributed by atoms with Gasteiger partial charge in [0.05, 0.1) is 18.2 Å². The van der Waals surface area contributed by atoms with Gasteiger partial charge in [0, 0.05) is 30.1 Å². The Morgan fingerprint density at radius 3 is 2.69 bits per heavy atom. The maximum Gasteiger partial charge on any atom is 0.254 e. The van der Waals surface area contributed by atoms with Crippen molar-refractivity contribution >= 4 is 11.8 Å². The van der Waals surface area contributed by atoms with Crippen LogP contribution in [0.15, 0.2) is 42.5 Å². The number of nitrogens with one attached hydrogen (secondary N) is 1. The van der Waals surface area contributed by atoms with Crippen LogP contribution in [0.2, 0.25) is 0 Å². The molecule has 1 heterocycles. The zero-order valence-electron chi connectivity index (χ0n) is 16.2. The van der Waals surface area contributed by atoms with Crippen LogP contribution >= 0.6 is 0 Å². The lowest BCUT2D eigenvalue weighted by Crippen LogP contribution is -2.32. The lowest BCUT2D eigenvalue weighted by Gasteiger charge is -2.20. The van der Waals surface area contributed by atoms with Crippen LogP contribution in [-0.4, -0.2) is 35.9 Å². The number of ether oxygens (including phenoxy) is 1. The number of aryl methyl sites for hydroxylation is 1. The molecule has 1 fully saturated rings. The van der Waals surface area contributed by atoms with E-state index >= 15 is 0 Å². The van der Waals surface area contributed by atoms with E-state index in [9.17, 15) is 9.59 Å². The molecule has 0 atom stereocenters. The third-order valence-corrected chi connectivity index (χ3v) is 5.24. The molecule has 4 rings (SSSR count). The molecule has 1 aliphatic heterocycles. The quantitative estimate of drug-likeness (QED) is 0.852. The number of nitriles is 1. The summed E-state index contributed by atoms with van der Waals surface area (Å²) in [7, 11) is 0. The van der Waals surface area contributed by atoms with Gasteiger partial charge in [-0.05, 0) is 55.2 Å². The summed E-state index contributed by atoms with van der Waals surface area (Å²) in [5, 5.41) is 11.9. The minimum Gasteiger partial charge on any atom is -0.491 e. The first-order chi connectivity index (χ1) is 14.1. The molecule has 1 aliphatic carbocycles. The highest BCUT2D eigenvalue weighted by molar-refractivity contribution is 5.94. The van der Waals surface area contributed by atoms with E-state index in [4.69, 9.17) is 10.00 Å². The summed E-state index contributed by atoms with van der Waals surface area (Å²) in [6.45, 7) is 1.38. The van der Waals surface area contributed by atoms with Crippen molar-refractivity contribution in [3.8, 4) is 11.8 Å². The molecule has 0 radical (unpaired) electrons. The molecular weight excluding hydrogens is 366 g/mol. The van der Waals surface area contributed by atoms with Crippen molar-refractivity contribution in [2.45, 2.75) is 38.3 Å². The lowest BCUT2D eigenvalue weighted by molar-refractivity contribution is -0.121. The lowest BCUT2D eigenvalue weighted by atomic mass is 10.0. The van der Waals surface area contributed by atoms with Crippen LogP contribution in [0.3, 0.4) is 0 Å². The second kappa shape index (κ2) is 8.36. The van der Waals surface area contributed by atoms with Gasteiger partial charge >= 0.3 is 0 Å². The zero-order chi connectivity index (χ0) is 20.2. The zero-order valence-corrected chi connectivity index (χ0v) is 16.2. The number of amides is 2. The SMILES string of the molecule is N#Cc1ccc(C(=O)N2CCOc3ccc(CCC(=O)NC4CC4)cc3C2)cc1. The average molecular weight is 389 g/mol. The predicted molar refractivity (Wildman–Crippen MR) is 107 cm³/mol. The van der Waals surface area contributed by atoms with Crippen LogP contribution in [0, 0.1) is 11.3 Å². The normalized spacial score (nSPS) is 15.5. The molecule has 2 aliphatic rings. The van der Waals surface area contributed by atoms with Crippen molar-refractivity contribution in [3.05, 3.63) is 64.7 Å². The first-order valence-corrected chi connectivity index (χ1v) is 9.96. The van der Waals surface area contributed by atoms with Gasteiger partial charge in [0.2, 0.25) is 5.91 Å². The van der Waals surface area contributed by atoms with Crippen LogP contribution in [0.25, 0.3) is 0 Å². The van der Waals surface area contributed by atoms with Gasteiger partial charge in [-0.2, -0.15) is 5.26 Å². The number of nitrogens with zero attached hydrogens (tertiary/aromatic N) is 2. The van der Waals surface area contributed by atoms with E-state index in [0.717, 1.165) is 29.7 Å². The highest BCUT2D eigenvalue weighted by Gasteiger charge is 2.23. The van der Waals surface area contributed by atoms with E-state index in [1.54, 1.807) is 29.2 Å². The largest absolute Gasteiger partial charge is 0.491 e. The molecule has 6 nitrogen and oxygen atoms in total. The van der Waals surface area contributed by atoms with E-state index in [1.165, 1.54) is 0 Å². The fourth-order valence-electron chi connectivity index (χ4n) is 3.43. The number of carbonyl (C=O) groups is 2. The standard InChI is InChI=1S/C23H23N3O3/c24-14-17-1-5-18(6-2-17)23(28)26-11-12-29-21-9-3-16(13-19(21)15-26)4-10-22(27)25-20-7-8-20/h1-3,5-6,9,13,20H,4,7-8,10-12,15H2,(H,25,27). The number of rotatable bonds is 5. The molecule has 0 spiro atoms. The number of benzene rings is 2. The van der Waals surface area contributed by atoms with E-state index in [-0.39, 0.29) is 11.8 Å². The molecule has 2 aromatic carbocycles. The van der Waals surface area contributed by atoms with Crippen LogP contribution in [-0.2, 0) is 17.8 Å². The molecule has 148 valence electrons. The summed E-state index contributed by atoms with van der Waals surface area (Å²) < 4.78 is 5.83. The maximum atomic E-state index is 12.9. The van der Waals surface area contributed by atoms with Crippen molar-refractivity contribution in [1.29, 1.82) is 5.26 Å². The van der Waals surface area contributed by atoms with E-state index in [2.05, 4.69) is 11.4 Å². The van der Waals surface area contributed by atoms with Gasteiger partial charge in [-0.1, -0.05) is 12.1 Å². The van der Waals surface area contributed by atoms with Crippen LogP contribution in [0.1, 0.15) is 46.3 Å². The van der Waals surface area contributed by atoms with E-state index < -0.39 is 0 Å². The molecule has 1 N–H and O–H groups in total. The molecule has 0 saturated heterocycles. The Labute approximate surface area is 170 Å². The molecule has 29 heavy (non-hydrogen) atoms. The van der Waals surface area contributed by atoms with Crippen molar-refractivity contribution in [3.63, 3.8) is 0 Å². The maximum absolute atomic E-state index is 12.9. The minimum absolute atomic E-state index is 0.0832. The van der Waals surface area contributed by atoms with Gasteiger partial charge < -0.3 is 15.0 Å². The van der Waals surface area contributed by atoms with Gasteiger partial charge in [0.15, 0.2) is 0 Å². The third-order valence-electron chi connectivity index (χ3n) is 5.24. The Balaban J connectivity index is 1.44. The Bertz CT molecular complexity index is 958. The van der Waals surface area contributed by atoms with Gasteiger partial charge in [0.25, 0.3) is 5.91 Å². The van der Waals surface area contributed by atoms with Crippen molar-refractivity contribution < 1.29 is 14.3 Å². The molecular formula is C23H23N3O3. The number of hydrogen-bond donors (Lipinski definition) is 1. The first kappa shape index (κ1) is 19.0. The highest BCUT2D eigenvalue weighted by Crippen LogP contribution is 2.26. The summed E-state index contributed by atoms with van der Waals surface area (Å²) in [6.07, 6.45) is 3.30.